The molecule has 0 heterocycles. The first-order valence-corrected chi connectivity index (χ1v) is 6.81. The highest BCUT2D eigenvalue weighted by Gasteiger charge is 2.20. The Morgan fingerprint density at radius 2 is 1.95 bits per heavy atom. The highest BCUT2D eigenvalue weighted by Crippen LogP contribution is 2.16. The van der Waals surface area contributed by atoms with Gasteiger partial charge in [-0.05, 0) is 41.1 Å². The molecule has 20 heavy (non-hydrogen) atoms. The second-order valence-electron chi connectivity index (χ2n) is 3.97. The normalized spacial score (nSPS) is 11.4. The van der Waals surface area contributed by atoms with Gasteiger partial charge in [0.15, 0.2) is 0 Å². The predicted molar refractivity (Wildman–Crippen MR) is 81.2 cm³/mol. The zero-order chi connectivity index (χ0) is 15.1. The molecular weight excluding hydrogens is 377 g/mol. The molecule has 0 aliphatic heterocycles. The third-order valence-corrected chi connectivity index (χ3v) is 3.35. The number of carbonyl (C=O) groups excluding carboxylic acids is 2. The Labute approximate surface area is 129 Å². The maximum absolute atomic E-state index is 11.7. The number of anilines is 1. The van der Waals surface area contributed by atoms with Gasteiger partial charge in [-0.2, -0.15) is 0 Å². The predicted octanol–water partition coefficient (Wildman–Crippen LogP) is 1.13. The van der Waals surface area contributed by atoms with Gasteiger partial charge < -0.3 is 21.5 Å². The lowest BCUT2D eigenvalue weighted by Gasteiger charge is -2.15. The number of aliphatic carboxylic acids is 1. The number of carboxylic acid groups (broad SMARTS) is 1. The van der Waals surface area contributed by atoms with Crippen molar-refractivity contribution in [1.29, 1.82) is 0 Å². The van der Waals surface area contributed by atoms with E-state index in [1.807, 2.05) is 28.7 Å². The van der Waals surface area contributed by atoms with E-state index in [1.165, 1.54) is 0 Å². The Bertz CT molecular complexity index is 521. The molecule has 5 N–H and O–H groups in total. The number of carboxylic acids is 1. The molecule has 1 rings (SSSR count). The second kappa shape index (κ2) is 7.68. The highest BCUT2D eigenvalue weighted by atomic mass is 127. The number of benzene rings is 1. The van der Waals surface area contributed by atoms with Gasteiger partial charge in [0.2, 0.25) is 5.91 Å². The maximum Gasteiger partial charge on any atom is 0.326 e. The smallest absolute Gasteiger partial charge is 0.326 e. The molecule has 0 fully saturated rings. The standard InChI is InChI=1S/C12H14IN3O4/c13-7-3-1-2-4-8(7)15-12(20)16-9(11(18)19)5-6-10(14)17/h1-4,9H,5-6H2,(H2,14,17)(H,18,19)(H2,15,16,20)/t9-/m0/s1. The molecule has 0 aliphatic rings. The van der Waals surface area contributed by atoms with Gasteiger partial charge in [0.25, 0.3) is 0 Å². The first-order chi connectivity index (χ1) is 9.40. The third kappa shape index (κ3) is 5.43. The van der Waals surface area contributed by atoms with Gasteiger partial charge in [-0.1, -0.05) is 12.1 Å². The van der Waals surface area contributed by atoms with Crippen LogP contribution in [0.4, 0.5) is 10.5 Å². The summed E-state index contributed by atoms with van der Waals surface area (Å²) >= 11 is 2.05. The second-order valence-corrected chi connectivity index (χ2v) is 5.14. The van der Waals surface area contributed by atoms with Crippen LogP contribution in [0.3, 0.4) is 0 Å². The van der Waals surface area contributed by atoms with Crippen molar-refractivity contribution in [2.45, 2.75) is 18.9 Å². The summed E-state index contributed by atoms with van der Waals surface area (Å²) in [4.78, 5) is 33.3. The van der Waals surface area contributed by atoms with Crippen LogP contribution in [0.25, 0.3) is 0 Å². The van der Waals surface area contributed by atoms with Crippen LogP contribution in [0, 0.1) is 3.57 Å². The number of rotatable bonds is 6. The zero-order valence-electron chi connectivity index (χ0n) is 10.4. The van der Waals surface area contributed by atoms with Crippen molar-refractivity contribution >= 4 is 46.2 Å². The molecule has 8 heteroatoms. The number of para-hydroxylation sites is 1. The van der Waals surface area contributed by atoms with Gasteiger partial charge in [0, 0.05) is 9.99 Å². The first-order valence-electron chi connectivity index (χ1n) is 5.73. The molecule has 0 unspecified atom stereocenters. The summed E-state index contributed by atoms with van der Waals surface area (Å²) in [6.45, 7) is 0. The van der Waals surface area contributed by atoms with E-state index in [1.54, 1.807) is 18.2 Å². The largest absolute Gasteiger partial charge is 0.480 e. The van der Waals surface area contributed by atoms with Crippen molar-refractivity contribution in [2.24, 2.45) is 5.73 Å². The summed E-state index contributed by atoms with van der Waals surface area (Å²) in [6, 6.07) is 5.25. The zero-order valence-corrected chi connectivity index (χ0v) is 12.6. The fourth-order valence-corrected chi connectivity index (χ4v) is 1.95. The fraction of sp³-hybridized carbons (Fsp3) is 0.250. The molecule has 1 atom stereocenters. The maximum atomic E-state index is 11.7. The molecule has 0 saturated heterocycles. The van der Waals surface area contributed by atoms with E-state index in [9.17, 15) is 14.4 Å². The lowest BCUT2D eigenvalue weighted by Crippen LogP contribution is -2.43. The number of primary amides is 1. The van der Waals surface area contributed by atoms with Crippen LogP contribution in [-0.2, 0) is 9.59 Å². The molecule has 108 valence electrons. The molecule has 1 aromatic carbocycles. The summed E-state index contributed by atoms with van der Waals surface area (Å²) < 4.78 is 0.823. The molecule has 3 amide bonds. The van der Waals surface area contributed by atoms with Gasteiger partial charge in [0.1, 0.15) is 6.04 Å². The van der Waals surface area contributed by atoms with E-state index in [-0.39, 0.29) is 12.8 Å². The summed E-state index contributed by atoms with van der Waals surface area (Å²) in [5.74, 6) is -1.83. The molecule has 7 nitrogen and oxygen atoms in total. The number of nitrogens with two attached hydrogens (primary N) is 1. The van der Waals surface area contributed by atoms with Crippen molar-refractivity contribution in [2.75, 3.05) is 5.32 Å². The van der Waals surface area contributed by atoms with Crippen LogP contribution < -0.4 is 16.4 Å². The van der Waals surface area contributed by atoms with Crippen molar-refractivity contribution in [3.8, 4) is 0 Å². The molecule has 0 aliphatic carbocycles. The van der Waals surface area contributed by atoms with E-state index in [2.05, 4.69) is 10.6 Å². The number of urea groups is 1. The number of halogens is 1. The Hall–Kier alpha value is -1.84. The molecule has 0 spiro atoms. The molecule has 0 aromatic heterocycles. The summed E-state index contributed by atoms with van der Waals surface area (Å²) in [7, 11) is 0. The number of hydrogen-bond donors (Lipinski definition) is 4. The Morgan fingerprint density at radius 3 is 2.50 bits per heavy atom. The SMILES string of the molecule is NC(=O)CC[C@H](NC(=O)Nc1ccccc1I)C(=O)O. The minimum atomic E-state index is -1.22. The highest BCUT2D eigenvalue weighted by molar-refractivity contribution is 14.1. The summed E-state index contributed by atoms with van der Waals surface area (Å²) in [5, 5.41) is 13.8. The van der Waals surface area contributed by atoms with Crippen LogP contribution in [-0.4, -0.2) is 29.1 Å². The van der Waals surface area contributed by atoms with Crippen LogP contribution >= 0.6 is 22.6 Å². The third-order valence-electron chi connectivity index (χ3n) is 2.40. The molecule has 0 bridgehead atoms. The van der Waals surface area contributed by atoms with Crippen LogP contribution in [0.5, 0.6) is 0 Å². The molecule has 0 saturated carbocycles. The summed E-state index contributed by atoms with van der Waals surface area (Å²) in [6.07, 6.45) is -0.163. The minimum absolute atomic E-state index is 0.0516. The van der Waals surface area contributed by atoms with E-state index in [0.717, 1.165) is 3.57 Å². The van der Waals surface area contributed by atoms with Crippen LogP contribution in [0.2, 0.25) is 0 Å². The minimum Gasteiger partial charge on any atom is -0.480 e. The van der Waals surface area contributed by atoms with Crippen LogP contribution in [0.1, 0.15) is 12.8 Å². The summed E-state index contributed by atoms with van der Waals surface area (Å²) in [5.41, 5.74) is 5.53. The van der Waals surface area contributed by atoms with Crippen molar-refractivity contribution in [1.82, 2.24) is 5.32 Å². The van der Waals surface area contributed by atoms with E-state index in [4.69, 9.17) is 10.8 Å². The van der Waals surface area contributed by atoms with Crippen LogP contribution in [0.15, 0.2) is 24.3 Å². The average molecular weight is 391 g/mol. The van der Waals surface area contributed by atoms with E-state index < -0.39 is 23.9 Å². The number of nitrogens with one attached hydrogen (secondary N) is 2. The Morgan fingerprint density at radius 1 is 1.30 bits per heavy atom. The number of carbonyl (C=O) groups is 3. The van der Waals surface area contributed by atoms with Gasteiger partial charge >= 0.3 is 12.0 Å². The number of hydrogen-bond acceptors (Lipinski definition) is 3. The Kier molecular flexibility index (Phi) is 6.22. The van der Waals surface area contributed by atoms with Gasteiger partial charge in [-0.3, -0.25) is 4.79 Å². The first kappa shape index (κ1) is 16.2. The molecule has 1 aromatic rings. The monoisotopic (exact) mass is 391 g/mol. The Balaban J connectivity index is 2.60. The van der Waals surface area contributed by atoms with E-state index in [0.29, 0.717) is 5.69 Å². The van der Waals surface area contributed by atoms with Crippen molar-refractivity contribution in [3.63, 3.8) is 0 Å². The molecular formula is C12H14IN3O4. The molecule has 0 radical (unpaired) electrons. The lowest BCUT2D eigenvalue weighted by atomic mass is 10.1. The topological polar surface area (TPSA) is 122 Å². The number of amides is 3. The fourth-order valence-electron chi connectivity index (χ4n) is 1.42. The van der Waals surface area contributed by atoms with E-state index >= 15 is 0 Å². The van der Waals surface area contributed by atoms with Crippen molar-refractivity contribution in [3.05, 3.63) is 27.8 Å². The van der Waals surface area contributed by atoms with Crippen molar-refractivity contribution < 1.29 is 19.5 Å². The lowest BCUT2D eigenvalue weighted by molar-refractivity contribution is -0.139. The van der Waals surface area contributed by atoms with Gasteiger partial charge in [0.05, 0.1) is 5.69 Å². The van der Waals surface area contributed by atoms with Gasteiger partial charge in [-0.15, -0.1) is 0 Å². The van der Waals surface area contributed by atoms with Gasteiger partial charge in [-0.25, -0.2) is 9.59 Å². The quantitative estimate of drug-likeness (QED) is 0.543. The average Bonchev–Trinajstić information content (AvgIpc) is 2.36.